The molecule has 1 amide bonds. The summed E-state index contributed by atoms with van der Waals surface area (Å²) in [7, 11) is 0. The topological polar surface area (TPSA) is 66.8 Å². The summed E-state index contributed by atoms with van der Waals surface area (Å²) in [6.07, 6.45) is -1.05. The van der Waals surface area contributed by atoms with Crippen LogP contribution >= 0.6 is 0 Å². The first-order chi connectivity index (χ1) is 7.06. The highest BCUT2D eigenvalue weighted by Gasteiger charge is 2.40. The Balaban J connectivity index is 2.27. The Kier molecular flexibility index (Phi) is 3.65. The van der Waals surface area contributed by atoms with Crippen LogP contribution in [0.5, 0.6) is 0 Å². The maximum Gasteiger partial charge on any atom is 0.410 e. The molecule has 0 radical (unpaired) electrons. The van der Waals surface area contributed by atoms with Crippen LogP contribution in [0, 0.1) is 5.92 Å². The van der Waals surface area contributed by atoms with Crippen molar-refractivity contribution in [1.29, 1.82) is 0 Å². The summed E-state index contributed by atoms with van der Waals surface area (Å²) in [4.78, 5) is 22.6. The van der Waals surface area contributed by atoms with Crippen molar-refractivity contribution >= 4 is 12.1 Å². The van der Waals surface area contributed by atoms with Crippen LogP contribution in [0.1, 0.15) is 0 Å². The molecule has 0 aromatic heterocycles. The van der Waals surface area contributed by atoms with E-state index >= 15 is 0 Å². The number of hydrogen-bond acceptors (Lipinski definition) is 3. The Morgan fingerprint density at radius 1 is 1.67 bits per heavy atom. The summed E-state index contributed by atoms with van der Waals surface area (Å²) in [5, 5.41) is 8.36. The summed E-state index contributed by atoms with van der Waals surface area (Å²) in [5.41, 5.74) is 0. The molecule has 1 N–H and O–H groups in total. The fraction of sp³-hybridized carbons (Fsp3) is 0.556. The molecule has 0 aromatic carbocycles. The van der Waals surface area contributed by atoms with Gasteiger partial charge in [0.05, 0.1) is 0 Å². The summed E-state index contributed by atoms with van der Waals surface area (Å²) < 4.78 is 17.5. The third-order valence-electron chi connectivity index (χ3n) is 2.14. The van der Waals surface area contributed by atoms with Gasteiger partial charge in [-0.25, -0.2) is 14.0 Å². The van der Waals surface area contributed by atoms with Crippen molar-refractivity contribution in [2.24, 2.45) is 5.92 Å². The third-order valence-corrected chi connectivity index (χ3v) is 2.14. The van der Waals surface area contributed by atoms with E-state index in [9.17, 15) is 14.0 Å². The number of likely N-dealkylation sites (tertiary alicyclic amines) is 1. The van der Waals surface area contributed by atoms with Crippen LogP contribution in [0.15, 0.2) is 12.7 Å². The van der Waals surface area contributed by atoms with Crippen molar-refractivity contribution in [3.63, 3.8) is 0 Å². The van der Waals surface area contributed by atoms with Crippen LogP contribution in [0.3, 0.4) is 0 Å². The number of aliphatic carboxylic acids is 1. The average molecular weight is 217 g/mol. The van der Waals surface area contributed by atoms with Gasteiger partial charge < -0.3 is 14.7 Å². The number of halogens is 1. The summed E-state index contributed by atoms with van der Waals surface area (Å²) in [5.74, 6) is -2.11. The normalized spacial score (nSPS) is 17.8. The number of carbonyl (C=O) groups is 2. The molecule has 1 rings (SSSR count). The molecule has 0 saturated carbocycles. The first kappa shape index (κ1) is 11.5. The van der Waals surface area contributed by atoms with Gasteiger partial charge in [0.1, 0.15) is 6.61 Å². The zero-order valence-corrected chi connectivity index (χ0v) is 8.06. The first-order valence-electron chi connectivity index (χ1n) is 4.45. The van der Waals surface area contributed by atoms with Crippen LogP contribution in [-0.4, -0.2) is 47.9 Å². The molecule has 1 atom stereocenters. The van der Waals surface area contributed by atoms with E-state index in [0.29, 0.717) is 0 Å². The molecule has 0 bridgehead atoms. The second kappa shape index (κ2) is 4.77. The minimum atomic E-state index is -1.91. The van der Waals surface area contributed by atoms with Gasteiger partial charge in [0.25, 0.3) is 0 Å². The van der Waals surface area contributed by atoms with Crippen LogP contribution in [0.2, 0.25) is 0 Å². The summed E-state index contributed by atoms with van der Waals surface area (Å²) >= 11 is 0. The van der Waals surface area contributed by atoms with E-state index in [1.54, 1.807) is 0 Å². The molecule has 1 unspecified atom stereocenters. The second-order valence-electron chi connectivity index (χ2n) is 3.27. The SMILES string of the molecule is C=CCOC(=O)N1CC(C(F)C(=O)O)C1. The highest BCUT2D eigenvalue weighted by Crippen LogP contribution is 2.22. The predicted molar refractivity (Wildman–Crippen MR) is 49.1 cm³/mol. The lowest BCUT2D eigenvalue weighted by Gasteiger charge is -2.38. The Labute approximate surface area is 86.1 Å². The number of carboxylic acids is 1. The Hall–Kier alpha value is -1.59. The van der Waals surface area contributed by atoms with Crippen LogP contribution < -0.4 is 0 Å². The number of hydrogen-bond donors (Lipinski definition) is 1. The Morgan fingerprint density at radius 3 is 2.73 bits per heavy atom. The zero-order valence-electron chi connectivity index (χ0n) is 8.06. The largest absolute Gasteiger partial charge is 0.479 e. The minimum absolute atomic E-state index is 0.0867. The van der Waals surface area contributed by atoms with Gasteiger partial charge in [0, 0.05) is 19.0 Å². The minimum Gasteiger partial charge on any atom is -0.479 e. The van der Waals surface area contributed by atoms with E-state index in [1.807, 2.05) is 0 Å². The predicted octanol–water partition coefficient (Wildman–Crippen LogP) is 0.663. The highest BCUT2D eigenvalue weighted by atomic mass is 19.1. The molecule has 15 heavy (non-hydrogen) atoms. The first-order valence-corrected chi connectivity index (χ1v) is 4.45. The molecule has 0 aliphatic carbocycles. The van der Waals surface area contributed by atoms with Crippen molar-refractivity contribution < 1.29 is 23.8 Å². The highest BCUT2D eigenvalue weighted by molar-refractivity contribution is 5.74. The molecule has 1 aliphatic heterocycles. The molecule has 1 fully saturated rings. The molecule has 5 nitrogen and oxygen atoms in total. The van der Waals surface area contributed by atoms with Crippen molar-refractivity contribution in [2.75, 3.05) is 19.7 Å². The maximum atomic E-state index is 12.9. The van der Waals surface area contributed by atoms with Gasteiger partial charge in [-0.3, -0.25) is 0 Å². The number of amides is 1. The van der Waals surface area contributed by atoms with E-state index in [2.05, 4.69) is 11.3 Å². The smallest absolute Gasteiger partial charge is 0.410 e. The Bertz CT molecular complexity index is 275. The molecule has 1 heterocycles. The quantitative estimate of drug-likeness (QED) is 0.702. The van der Waals surface area contributed by atoms with E-state index in [0.717, 1.165) is 0 Å². The third kappa shape index (κ3) is 2.68. The number of nitrogens with zero attached hydrogens (tertiary/aromatic N) is 1. The molecule has 84 valence electrons. The van der Waals surface area contributed by atoms with Crippen LogP contribution in [-0.2, 0) is 9.53 Å². The van der Waals surface area contributed by atoms with Gasteiger partial charge in [-0.15, -0.1) is 0 Å². The molecule has 1 saturated heterocycles. The van der Waals surface area contributed by atoms with E-state index in [4.69, 9.17) is 5.11 Å². The number of carbonyl (C=O) groups excluding carboxylic acids is 1. The van der Waals surface area contributed by atoms with Gasteiger partial charge in [-0.1, -0.05) is 12.7 Å². The molecule has 1 aliphatic rings. The van der Waals surface area contributed by atoms with Crippen molar-refractivity contribution in [3.05, 3.63) is 12.7 Å². The molecule has 0 spiro atoms. The summed E-state index contributed by atoms with van der Waals surface area (Å²) in [6.45, 7) is 3.64. The van der Waals surface area contributed by atoms with Crippen LogP contribution in [0.4, 0.5) is 9.18 Å². The lowest BCUT2D eigenvalue weighted by molar-refractivity contribution is -0.147. The second-order valence-corrected chi connectivity index (χ2v) is 3.27. The molecule has 6 heteroatoms. The average Bonchev–Trinajstić information content (AvgIpc) is 2.11. The van der Waals surface area contributed by atoms with Crippen molar-refractivity contribution in [2.45, 2.75) is 6.17 Å². The number of carboxylic acid groups (broad SMARTS) is 1. The zero-order chi connectivity index (χ0) is 11.4. The number of alkyl halides is 1. The molecular formula is C9H12FNO4. The van der Waals surface area contributed by atoms with E-state index < -0.39 is 24.2 Å². The summed E-state index contributed by atoms with van der Waals surface area (Å²) in [6, 6.07) is 0. The van der Waals surface area contributed by atoms with E-state index in [1.165, 1.54) is 11.0 Å². The van der Waals surface area contributed by atoms with Gasteiger partial charge in [-0.05, 0) is 0 Å². The number of rotatable bonds is 4. The molecule has 0 aromatic rings. The van der Waals surface area contributed by atoms with Crippen molar-refractivity contribution in [1.82, 2.24) is 4.90 Å². The fourth-order valence-electron chi connectivity index (χ4n) is 1.27. The van der Waals surface area contributed by atoms with Gasteiger partial charge in [-0.2, -0.15) is 0 Å². The maximum absolute atomic E-state index is 12.9. The monoisotopic (exact) mass is 217 g/mol. The lowest BCUT2D eigenvalue weighted by Crippen LogP contribution is -2.55. The lowest BCUT2D eigenvalue weighted by atomic mass is 9.95. The molecular weight excluding hydrogens is 205 g/mol. The fourth-order valence-corrected chi connectivity index (χ4v) is 1.27. The standard InChI is InChI=1S/C9H12FNO4/c1-2-3-15-9(14)11-4-6(5-11)7(10)8(12)13/h2,6-7H,1,3-5H2,(H,12,13). The van der Waals surface area contributed by atoms with Gasteiger partial charge in [0.2, 0.25) is 6.17 Å². The Morgan fingerprint density at radius 2 is 2.27 bits per heavy atom. The van der Waals surface area contributed by atoms with E-state index in [-0.39, 0.29) is 19.7 Å². The van der Waals surface area contributed by atoms with Gasteiger partial charge in [0.15, 0.2) is 0 Å². The van der Waals surface area contributed by atoms with Crippen LogP contribution in [0.25, 0.3) is 0 Å². The number of ether oxygens (including phenoxy) is 1. The van der Waals surface area contributed by atoms with Crippen molar-refractivity contribution in [3.8, 4) is 0 Å². The van der Waals surface area contributed by atoms with Gasteiger partial charge >= 0.3 is 12.1 Å².